The van der Waals surface area contributed by atoms with Gasteiger partial charge in [0.15, 0.2) is 0 Å². The third kappa shape index (κ3) is 5.03. The van der Waals surface area contributed by atoms with Crippen molar-refractivity contribution in [2.45, 2.75) is 37.3 Å². The van der Waals surface area contributed by atoms with Gasteiger partial charge in [0.1, 0.15) is 0 Å². The molecule has 0 amide bonds. The first-order valence-electron chi connectivity index (χ1n) is 5.02. The molecule has 18 heavy (non-hydrogen) atoms. The molecule has 0 aliphatic carbocycles. The quantitative estimate of drug-likeness (QED) is 0.363. The van der Waals surface area contributed by atoms with Crippen LogP contribution in [0.15, 0.2) is 0 Å². The Morgan fingerprint density at radius 1 is 0.778 bits per heavy atom. The van der Waals surface area contributed by atoms with Crippen LogP contribution < -0.4 is 0 Å². The highest BCUT2D eigenvalue weighted by Gasteiger charge is 2.71. The fourth-order valence-electron chi connectivity index (χ4n) is 1.06. The van der Waals surface area contributed by atoms with E-state index in [0.717, 1.165) is 11.8 Å². The van der Waals surface area contributed by atoms with Crippen LogP contribution in [0.1, 0.15) is 19.3 Å². The number of halogens is 8. The Bertz CT molecular complexity index is 224. The topological polar surface area (TPSA) is 0 Å². The molecule has 9 heteroatoms. The predicted molar refractivity (Wildman–Crippen MR) is 57.8 cm³/mol. The molecular weight excluding hydrogens is 309 g/mol. The second-order valence-electron chi connectivity index (χ2n) is 3.56. The maximum atomic E-state index is 13.1. The molecule has 0 rings (SSSR count). The summed E-state index contributed by atoms with van der Waals surface area (Å²) in [4.78, 5) is 0. The Hall–Kier alpha value is 0.150. The summed E-state index contributed by atoms with van der Waals surface area (Å²) >= 11 is 6.19. The Kier molecular flexibility index (Phi) is 7.13. The van der Waals surface area contributed by atoms with Gasteiger partial charge in [0.05, 0.1) is 0 Å². The summed E-state index contributed by atoms with van der Waals surface area (Å²) in [5.74, 6) is 0.190. The standard InChI is InChI=1S/C9H12ClF7S/c10-4-1-2-5-18-6-3-7(11,8(12,13)14)9(15,16)17/h1-6H2. The van der Waals surface area contributed by atoms with Crippen LogP contribution in [-0.2, 0) is 0 Å². The van der Waals surface area contributed by atoms with Gasteiger partial charge >= 0.3 is 12.4 Å². The monoisotopic (exact) mass is 320 g/mol. The van der Waals surface area contributed by atoms with E-state index in [-0.39, 0.29) is 0 Å². The van der Waals surface area contributed by atoms with Crippen LogP contribution in [0, 0.1) is 0 Å². The average molecular weight is 321 g/mol. The second-order valence-corrected chi connectivity index (χ2v) is 5.16. The van der Waals surface area contributed by atoms with Crippen LogP contribution in [0.3, 0.4) is 0 Å². The fraction of sp³-hybridized carbons (Fsp3) is 1.00. The molecule has 0 aromatic carbocycles. The summed E-state index contributed by atoms with van der Waals surface area (Å²) in [6.45, 7) is 0. The van der Waals surface area contributed by atoms with Crippen LogP contribution in [0.25, 0.3) is 0 Å². The van der Waals surface area contributed by atoms with Crippen molar-refractivity contribution < 1.29 is 30.7 Å². The third-order valence-electron chi connectivity index (χ3n) is 2.16. The zero-order valence-electron chi connectivity index (χ0n) is 9.17. The third-order valence-corrected chi connectivity index (χ3v) is 3.50. The van der Waals surface area contributed by atoms with Crippen molar-refractivity contribution >= 4 is 23.4 Å². The van der Waals surface area contributed by atoms with Crippen LogP contribution in [-0.4, -0.2) is 35.4 Å². The molecule has 0 saturated heterocycles. The molecule has 0 unspecified atom stereocenters. The number of hydrogen-bond donors (Lipinski definition) is 0. The van der Waals surface area contributed by atoms with Crippen molar-refractivity contribution in [3.05, 3.63) is 0 Å². The number of rotatable bonds is 7. The molecular formula is C9H12ClF7S. The minimum atomic E-state index is -5.94. The van der Waals surface area contributed by atoms with Gasteiger partial charge in [-0.25, -0.2) is 4.39 Å². The molecule has 0 fully saturated rings. The van der Waals surface area contributed by atoms with Crippen molar-refractivity contribution in [2.24, 2.45) is 0 Å². The minimum absolute atomic E-state index is 0.360. The summed E-state index contributed by atoms with van der Waals surface area (Å²) in [5.41, 5.74) is -5.13. The van der Waals surface area contributed by atoms with E-state index < -0.39 is 30.2 Å². The highest BCUT2D eigenvalue weighted by molar-refractivity contribution is 7.99. The number of hydrogen-bond acceptors (Lipinski definition) is 1. The van der Waals surface area contributed by atoms with Crippen molar-refractivity contribution in [1.29, 1.82) is 0 Å². The molecule has 0 nitrogen and oxygen atoms in total. The first-order chi connectivity index (χ1) is 8.06. The van der Waals surface area contributed by atoms with E-state index in [2.05, 4.69) is 0 Å². The van der Waals surface area contributed by atoms with Gasteiger partial charge < -0.3 is 0 Å². The molecule has 0 radical (unpaired) electrons. The van der Waals surface area contributed by atoms with Gasteiger partial charge in [-0.15, -0.1) is 11.6 Å². The van der Waals surface area contributed by atoms with Gasteiger partial charge in [0.25, 0.3) is 5.67 Å². The van der Waals surface area contributed by atoms with Crippen molar-refractivity contribution in [2.75, 3.05) is 17.4 Å². The normalized spacial score (nSPS) is 14.0. The minimum Gasteiger partial charge on any atom is -0.224 e. The summed E-state index contributed by atoms with van der Waals surface area (Å²) < 4.78 is 85.7. The first-order valence-corrected chi connectivity index (χ1v) is 6.71. The Morgan fingerprint density at radius 2 is 1.28 bits per heavy atom. The summed E-state index contributed by atoms with van der Waals surface area (Å²) in [7, 11) is 0. The molecule has 110 valence electrons. The Balaban J connectivity index is 4.30. The molecule has 0 aromatic heterocycles. The number of unbranched alkanes of at least 4 members (excludes halogenated alkanes) is 1. The maximum absolute atomic E-state index is 13.1. The molecule has 0 atom stereocenters. The van der Waals surface area contributed by atoms with Gasteiger partial charge in [-0.2, -0.15) is 38.1 Å². The second kappa shape index (κ2) is 7.07. The van der Waals surface area contributed by atoms with Crippen LogP contribution in [0.5, 0.6) is 0 Å². The van der Waals surface area contributed by atoms with Crippen LogP contribution >= 0.6 is 23.4 Å². The lowest BCUT2D eigenvalue weighted by Crippen LogP contribution is -2.53. The van der Waals surface area contributed by atoms with Crippen molar-refractivity contribution in [3.63, 3.8) is 0 Å². The highest BCUT2D eigenvalue weighted by atomic mass is 35.5. The Labute approximate surface area is 109 Å². The van der Waals surface area contributed by atoms with Crippen LogP contribution in [0.2, 0.25) is 0 Å². The Morgan fingerprint density at radius 3 is 1.67 bits per heavy atom. The van der Waals surface area contributed by atoms with E-state index in [1.165, 1.54) is 0 Å². The van der Waals surface area contributed by atoms with Crippen molar-refractivity contribution in [1.82, 2.24) is 0 Å². The molecule has 0 spiro atoms. The van der Waals surface area contributed by atoms with Gasteiger partial charge in [0, 0.05) is 12.3 Å². The highest BCUT2D eigenvalue weighted by Crippen LogP contribution is 2.48. The van der Waals surface area contributed by atoms with E-state index >= 15 is 0 Å². The average Bonchev–Trinajstić information content (AvgIpc) is 2.19. The molecule has 0 aliphatic heterocycles. The van der Waals surface area contributed by atoms with Crippen molar-refractivity contribution in [3.8, 4) is 0 Å². The lowest BCUT2D eigenvalue weighted by atomic mass is 10.0. The zero-order chi connectivity index (χ0) is 14.4. The molecule has 0 N–H and O–H groups in total. The molecule has 0 bridgehead atoms. The van der Waals surface area contributed by atoms with E-state index in [1.54, 1.807) is 0 Å². The first kappa shape index (κ1) is 18.1. The molecule has 0 saturated carbocycles. The van der Waals surface area contributed by atoms with Gasteiger partial charge in [-0.3, -0.25) is 0 Å². The van der Waals surface area contributed by atoms with E-state index in [0.29, 0.717) is 24.5 Å². The lowest BCUT2D eigenvalue weighted by Gasteiger charge is -2.29. The maximum Gasteiger partial charge on any atom is 0.431 e. The molecule has 0 heterocycles. The van der Waals surface area contributed by atoms with E-state index in [9.17, 15) is 30.7 Å². The van der Waals surface area contributed by atoms with Gasteiger partial charge in [0.2, 0.25) is 0 Å². The zero-order valence-corrected chi connectivity index (χ0v) is 10.7. The summed E-state index contributed by atoms with van der Waals surface area (Å²) in [6, 6.07) is 0. The molecule has 0 aliphatic rings. The summed E-state index contributed by atoms with van der Waals surface area (Å²) in [6.07, 6.45) is -12.3. The fourth-order valence-corrected chi connectivity index (χ4v) is 2.28. The van der Waals surface area contributed by atoms with Gasteiger partial charge in [-0.05, 0) is 24.3 Å². The van der Waals surface area contributed by atoms with Crippen LogP contribution in [0.4, 0.5) is 30.7 Å². The summed E-state index contributed by atoms with van der Waals surface area (Å²) in [5, 5.41) is 0. The van der Waals surface area contributed by atoms with E-state index in [4.69, 9.17) is 11.6 Å². The van der Waals surface area contributed by atoms with Gasteiger partial charge in [-0.1, -0.05) is 0 Å². The number of thioether (sulfide) groups is 1. The number of alkyl halides is 8. The largest absolute Gasteiger partial charge is 0.431 e. The molecule has 0 aromatic rings. The van der Waals surface area contributed by atoms with E-state index in [1.807, 2.05) is 0 Å². The SMILES string of the molecule is FC(F)(F)C(F)(CCSCCCCCl)C(F)(F)F. The smallest absolute Gasteiger partial charge is 0.224 e. The predicted octanol–water partition coefficient (Wildman–Crippen LogP) is 4.96. The lowest BCUT2D eigenvalue weighted by molar-refractivity contribution is -0.341.